The number of pyridine rings is 1. The van der Waals surface area contributed by atoms with Crippen molar-refractivity contribution < 1.29 is 0 Å². The fourth-order valence-electron chi connectivity index (χ4n) is 1.44. The predicted molar refractivity (Wildman–Crippen MR) is 65.2 cm³/mol. The Morgan fingerprint density at radius 3 is 2.67 bits per heavy atom. The molecular formula is C11H7ClN6. The molecule has 18 heavy (non-hydrogen) atoms. The molecule has 0 bridgehead atoms. The van der Waals surface area contributed by atoms with Gasteiger partial charge in [0, 0.05) is 18.6 Å². The zero-order valence-corrected chi connectivity index (χ0v) is 9.86. The van der Waals surface area contributed by atoms with E-state index in [0.29, 0.717) is 17.5 Å². The first-order valence-corrected chi connectivity index (χ1v) is 5.54. The Hall–Kier alpha value is -2.34. The smallest absolute Gasteiger partial charge is 0.253 e. The zero-order valence-electron chi connectivity index (χ0n) is 9.10. The van der Waals surface area contributed by atoms with E-state index in [4.69, 9.17) is 11.6 Å². The Kier molecular flexibility index (Phi) is 2.70. The summed E-state index contributed by atoms with van der Waals surface area (Å²) in [5, 5.41) is 4.15. The van der Waals surface area contributed by atoms with Crippen LogP contribution in [0.15, 0.2) is 42.9 Å². The fraction of sp³-hybridized carbons (Fsp3) is 0. The highest BCUT2D eigenvalue weighted by Crippen LogP contribution is 2.14. The summed E-state index contributed by atoms with van der Waals surface area (Å²) in [6, 6.07) is 7.25. The summed E-state index contributed by atoms with van der Waals surface area (Å²) in [5.41, 5.74) is 0.634. The summed E-state index contributed by atoms with van der Waals surface area (Å²) in [6.07, 6.45) is 5.03. The lowest BCUT2D eigenvalue weighted by Crippen LogP contribution is -2.05. The van der Waals surface area contributed by atoms with Crippen LogP contribution < -0.4 is 0 Å². The van der Waals surface area contributed by atoms with Gasteiger partial charge in [-0.25, -0.2) is 4.68 Å². The van der Waals surface area contributed by atoms with Crippen LogP contribution in [0.2, 0.25) is 5.28 Å². The van der Waals surface area contributed by atoms with Crippen LogP contribution in [0.25, 0.3) is 17.5 Å². The SMILES string of the molecule is Clc1nc(-c2ccccn2)nc(-n2cccn2)n1. The van der Waals surface area contributed by atoms with Gasteiger partial charge in [0.1, 0.15) is 5.69 Å². The number of hydrogen-bond acceptors (Lipinski definition) is 5. The summed E-state index contributed by atoms with van der Waals surface area (Å²) >= 11 is 5.89. The van der Waals surface area contributed by atoms with E-state index in [2.05, 4.69) is 25.0 Å². The molecule has 3 heterocycles. The molecule has 6 nitrogen and oxygen atoms in total. The molecule has 0 atom stereocenters. The van der Waals surface area contributed by atoms with Crippen LogP contribution in [0, 0.1) is 0 Å². The number of rotatable bonds is 2. The summed E-state index contributed by atoms with van der Waals surface area (Å²) < 4.78 is 1.51. The third-order valence-electron chi connectivity index (χ3n) is 2.20. The van der Waals surface area contributed by atoms with Crippen molar-refractivity contribution >= 4 is 11.6 Å². The normalized spacial score (nSPS) is 10.5. The van der Waals surface area contributed by atoms with Crippen LogP contribution in [-0.4, -0.2) is 29.7 Å². The molecule has 7 heteroatoms. The number of halogens is 1. The second-order valence-corrected chi connectivity index (χ2v) is 3.73. The minimum absolute atomic E-state index is 0.108. The second kappa shape index (κ2) is 4.50. The minimum Gasteiger partial charge on any atom is -0.253 e. The third kappa shape index (κ3) is 2.05. The highest BCUT2D eigenvalue weighted by Gasteiger charge is 2.09. The van der Waals surface area contributed by atoms with Crippen molar-refractivity contribution in [2.24, 2.45) is 0 Å². The van der Waals surface area contributed by atoms with Gasteiger partial charge in [0.05, 0.1) is 0 Å². The standard InChI is InChI=1S/C11H7ClN6/c12-10-15-9(8-4-1-2-5-13-8)16-11(17-10)18-7-3-6-14-18/h1-7H. The van der Waals surface area contributed by atoms with Crippen LogP contribution in [0.5, 0.6) is 0 Å². The Balaban J connectivity index is 2.12. The lowest BCUT2D eigenvalue weighted by atomic mass is 10.3. The van der Waals surface area contributed by atoms with E-state index in [9.17, 15) is 0 Å². The van der Waals surface area contributed by atoms with Crippen LogP contribution in [0.1, 0.15) is 0 Å². The molecule has 0 amide bonds. The van der Waals surface area contributed by atoms with Crippen molar-refractivity contribution in [2.45, 2.75) is 0 Å². The van der Waals surface area contributed by atoms with Crippen molar-refractivity contribution in [1.82, 2.24) is 29.7 Å². The van der Waals surface area contributed by atoms with Gasteiger partial charge in [-0.05, 0) is 29.8 Å². The quantitative estimate of drug-likeness (QED) is 0.701. The van der Waals surface area contributed by atoms with E-state index in [-0.39, 0.29) is 5.28 Å². The zero-order chi connectivity index (χ0) is 12.4. The molecule has 0 aliphatic rings. The highest BCUT2D eigenvalue weighted by molar-refractivity contribution is 6.28. The first-order chi connectivity index (χ1) is 8.83. The molecule has 0 spiro atoms. The average molecular weight is 259 g/mol. The average Bonchev–Trinajstić information content (AvgIpc) is 2.93. The third-order valence-corrected chi connectivity index (χ3v) is 2.37. The van der Waals surface area contributed by atoms with Gasteiger partial charge < -0.3 is 0 Å². The molecule has 0 aliphatic heterocycles. The van der Waals surface area contributed by atoms with Gasteiger partial charge in [0.15, 0.2) is 5.82 Å². The number of nitrogens with zero attached hydrogens (tertiary/aromatic N) is 6. The van der Waals surface area contributed by atoms with Gasteiger partial charge in [-0.1, -0.05) is 6.07 Å². The topological polar surface area (TPSA) is 69.4 Å². The molecular weight excluding hydrogens is 252 g/mol. The van der Waals surface area contributed by atoms with Crippen LogP contribution in [-0.2, 0) is 0 Å². The van der Waals surface area contributed by atoms with Gasteiger partial charge in [-0.15, -0.1) is 0 Å². The molecule has 0 N–H and O–H groups in total. The van der Waals surface area contributed by atoms with Gasteiger partial charge >= 0.3 is 0 Å². The van der Waals surface area contributed by atoms with Crippen LogP contribution >= 0.6 is 11.6 Å². The summed E-state index contributed by atoms with van der Waals surface area (Å²) in [6.45, 7) is 0. The van der Waals surface area contributed by atoms with E-state index in [1.165, 1.54) is 4.68 Å². The van der Waals surface area contributed by atoms with E-state index in [0.717, 1.165) is 0 Å². The Labute approximate surface area is 107 Å². The molecule has 0 saturated heterocycles. The van der Waals surface area contributed by atoms with Crippen molar-refractivity contribution in [3.05, 3.63) is 48.1 Å². The lowest BCUT2D eigenvalue weighted by molar-refractivity contribution is 0.797. The number of hydrogen-bond donors (Lipinski definition) is 0. The molecule has 0 aliphatic carbocycles. The van der Waals surface area contributed by atoms with Crippen molar-refractivity contribution in [1.29, 1.82) is 0 Å². The largest absolute Gasteiger partial charge is 0.255 e. The van der Waals surface area contributed by atoms with Crippen molar-refractivity contribution in [2.75, 3.05) is 0 Å². The van der Waals surface area contributed by atoms with Crippen molar-refractivity contribution in [3.8, 4) is 17.5 Å². The number of aromatic nitrogens is 6. The Morgan fingerprint density at radius 1 is 1.00 bits per heavy atom. The Bertz CT molecular complexity index is 653. The maximum Gasteiger partial charge on any atom is 0.255 e. The molecule has 0 fully saturated rings. The van der Waals surface area contributed by atoms with E-state index < -0.39 is 0 Å². The Morgan fingerprint density at radius 2 is 1.94 bits per heavy atom. The summed E-state index contributed by atoms with van der Waals surface area (Å²) in [4.78, 5) is 16.5. The first kappa shape index (κ1) is 10.8. The van der Waals surface area contributed by atoms with Crippen LogP contribution in [0.3, 0.4) is 0 Å². The first-order valence-electron chi connectivity index (χ1n) is 5.16. The van der Waals surface area contributed by atoms with Crippen molar-refractivity contribution in [3.63, 3.8) is 0 Å². The maximum atomic E-state index is 5.89. The molecule has 0 radical (unpaired) electrons. The monoisotopic (exact) mass is 258 g/mol. The molecule has 0 unspecified atom stereocenters. The van der Waals surface area contributed by atoms with E-state index >= 15 is 0 Å². The predicted octanol–water partition coefficient (Wildman–Crippen LogP) is 1.77. The summed E-state index contributed by atoms with van der Waals surface area (Å²) in [5.74, 6) is 0.779. The van der Waals surface area contributed by atoms with E-state index in [1.807, 2.05) is 12.1 Å². The van der Waals surface area contributed by atoms with Gasteiger partial charge in [-0.2, -0.15) is 20.1 Å². The molecule has 0 saturated carbocycles. The molecule has 3 aromatic heterocycles. The van der Waals surface area contributed by atoms with Crippen LogP contribution in [0.4, 0.5) is 0 Å². The minimum atomic E-state index is 0.108. The second-order valence-electron chi connectivity index (χ2n) is 3.39. The van der Waals surface area contributed by atoms with Gasteiger partial charge in [0.25, 0.3) is 5.95 Å². The molecule has 0 aromatic carbocycles. The highest BCUT2D eigenvalue weighted by atomic mass is 35.5. The maximum absolute atomic E-state index is 5.89. The van der Waals surface area contributed by atoms with Gasteiger partial charge in [0.2, 0.25) is 5.28 Å². The fourth-order valence-corrected chi connectivity index (χ4v) is 1.59. The molecule has 3 rings (SSSR count). The molecule has 3 aromatic rings. The van der Waals surface area contributed by atoms with E-state index in [1.54, 1.807) is 30.7 Å². The molecule has 88 valence electrons. The lowest BCUT2D eigenvalue weighted by Gasteiger charge is -2.03. The van der Waals surface area contributed by atoms with Gasteiger partial charge in [-0.3, -0.25) is 4.98 Å². The summed E-state index contributed by atoms with van der Waals surface area (Å²) in [7, 11) is 0.